The first-order valence-electron chi connectivity index (χ1n) is 7.97. The molecule has 1 aromatic heterocycles. The molecule has 0 N–H and O–H groups in total. The monoisotopic (exact) mass is 370 g/mol. The fraction of sp³-hybridized carbons (Fsp3) is 0.688. The van der Waals surface area contributed by atoms with Crippen LogP contribution in [0.15, 0.2) is 21.2 Å². The molecular formula is C16H23BrN2O3. The van der Waals surface area contributed by atoms with Crippen LogP contribution in [-0.4, -0.2) is 54.6 Å². The summed E-state index contributed by atoms with van der Waals surface area (Å²) in [5.74, 6) is 1.06. The Morgan fingerprint density at radius 3 is 3.00 bits per heavy atom. The minimum absolute atomic E-state index is 0.202. The van der Waals surface area contributed by atoms with Crippen LogP contribution < -0.4 is 0 Å². The Kier molecular flexibility index (Phi) is 5.21. The Labute approximate surface area is 139 Å². The van der Waals surface area contributed by atoms with Crippen LogP contribution >= 0.6 is 15.9 Å². The third-order valence-electron chi connectivity index (χ3n) is 4.51. The largest absolute Gasteiger partial charge is 0.453 e. The first-order valence-corrected chi connectivity index (χ1v) is 8.76. The Balaban J connectivity index is 1.56. The van der Waals surface area contributed by atoms with E-state index < -0.39 is 0 Å². The summed E-state index contributed by atoms with van der Waals surface area (Å²) in [5.41, 5.74) is 0. The number of halogens is 1. The minimum Gasteiger partial charge on any atom is -0.453 e. The Hall–Kier alpha value is -0.850. The van der Waals surface area contributed by atoms with Gasteiger partial charge < -0.3 is 14.1 Å². The second-order valence-electron chi connectivity index (χ2n) is 6.23. The summed E-state index contributed by atoms with van der Waals surface area (Å²) in [7, 11) is 1.95. The average Bonchev–Trinajstić information content (AvgIpc) is 2.91. The second kappa shape index (κ2) is 7.15. The molecule has 6 heteroatoms. The average molecular weight is 371 g/mol. The molecule has 1 amide bonds. The van der Waals surface area contributed by atoms with Crippen molar-refractivity contribution in [3.05, 3.63) is 22.6 Å². The summed E-state index contributed by atoms with van der Waals surface area (Å²) in [6.07, 6.45) is 4.83. The Morgan fingerprint density at radius 2 is 2.23 bits per heavy atom. The van der Waals surface area contributed by atoms with Gasteiger partial charge in [0.25, 0.3) is 0 Å². The topological polar surface area (TPSA) is 45.9 Å². The van der Waals surface area contributed by atoms with Crippen molar-refractivity contribution in [2.75, 3.05) is 26.7 Å². The van der Waals surface area contributed by atoms with Crippen LogP contribution in [0.5, 0.6) is 0 Å². The summed E-state index contributed by atoms with van der Waals surface area (Å²) >= 11 is 3.30. The van der Waals surface area contributed by atoms with E-state index in [9.17, 15) is 4.79 Å². The van der Waals surface area contributed by atoms with Crippen LogP contribution in [0.1, 0.15) is 31.4 Å². The number of ether oxygens (including phenoxy) is 1. The van der Waals surface area contributed by atoms with Crippen LogP contribution in [0, 0.1) is 0 Å². The molecule has 22 heavy (non-hydrogen) atoms. The van der Waals surface area contributed by atoms with E-state index >= 15 is 0 Å². The molecule has 1 aromatic rings. The van der Waals surface area contributed by atoms with E-state index in [4.69, 9.17) is 9.15 Å². The van der Waals surface area contributed by atoms with Crippen molar-refractivity contribution >= 4 is 21.8 Å². The van der Waals surface area contributed by atoms with Gasteiger partial charge >= 0.3 is 0 Å². The number of morpholine rings is 1. The highest BCUT2D eigenvalue weighted by Gasteiger charge is 2.36. The lowest BCUT2D eigenvalue weighted by Crippen LogP contribution is -2.56. The number of carbonyl (C=O) groups excluding carboxylic acids is 1. The van der Waals surface area contributed by atoms with E-state index in [0.29, 0.717) is 19.7 Å². The molecular weight excluding hydrogens is 348 g/mol. The van der Waals surface area contributed by atoms with Gasteiger partial charge in [0.2, 0.25) is 5.91 Å². The van der Waals surface area contributed by atoms with Crippen molar-refractivity contribution in [3.8, 4) is 0 Å². The van der Waals surface area contributed by atoms with Gasteiger partial charge in [0.15, 0.2) is 4.67 Å². The van der Waals surface area contributed by atoms with E-state index in [1.807, 2.05) is 29.0 Å². The number of likely N-dealkylation sites (N-methyl/N-ethyl adjacent to an activating group) is 1. The summed E-state index contributed by atoms with van der Waals surface area (Å²) in [4.78, 5) is 16.7. The molecule has 2 atom stereocenters. The number of amides is 1. The number of fused-ring (bicyclic) bond motifs is 1. The SMILES string of the molecule is CN(CC(=O)N1CCOC2CCCCC21)Cc1ccc(Br)o1. The van der Waals surface area contributed by atoms with E-state index in [2.05, 4.69) is 15.9 Å². The molecule has 5 nitrogen and oxygen atoms in total. The Morgan fingerprint density at radius 1 is 1.41 bits per heavy atom. The van der Waals surface area contributed by atoms with Crippen molar-refractivity contribution in [1.29, 1.82) is 0 Å². The molecule has 2 fully saturated rings. The molecule has 0 spiro atoms. The number of hydrogen-bond acceptors (Lipinski definition) is 4. The molecule has 2 unspecified atom stereocenters. The van der Waals surface area contributed by atoms with E-state index in [1.165, 1.54) is 12.8 Å². The van der Waals surface area contributed by atoms with Gasteiger partial charge in [0, 0.05) is 6.54 Å². The third-order valence-corrected chi connectivity index (χ3v) is 4.94. The third kappa shape index (κ3) is 3.73. The van der Waals surface area contributed by atoms with Gasteiger partial charge in [-0.3, -0.25) is 9.69 Å². The fourth-order valence-electron chi connectivity index (χ4n) is 3.49. The number of carbonyl (C=O) groups is 1. The van der Waals surface area contributed by atoms with Gasteiger partial charge in [-0.05, 0) is 48.0 Å². The van der Waals surface area contributed by atoms with Gasteiger partial charge in [0.05, 0.1) is 31.8 Å². The molecule has 1 aliphatic carbocycles. The molecule has 2 heterocycles. The van der Waals surface area contributed by atoms with Crippen LogP contribution in [0.25, 0.3) is 0 Å². The molecule has 0 bridgehead atoms. The number of furan rings is 1. The highest BCUT2D eigenvalue weighted by Crippen LogP contribution is 2.28. The van der Waals surface area contributed by atoms with Crippen molar-refractivity contribution in [2.24, 2.45) is 0 Å². The molecule has 1 saturated heterocycles. The Bertz CT molecular complexity index is 517. The van der Waals surface area contributed by atoms with Gasteiger partial charge in [-0.15, -0.1) is 0 Å². The van der Waals surface area contributed by atoms with Crippen LogP contribution in [0.3, 0.4) is 0 Å². The summed E-state index contributed by atoms with van der Waals surface area (Å²) in [5, 5.41) is 0. The van der Waals surface area contributed by atoms with Gasteiger partial charge in [0.1, 0.15) is 5.76 Å². The molecule has 1 aliphatic heterocycles. The van der Waals surface area contributed by atoms with Gasteiger partial charge in [-0.1, -0.05) is 12.8 Å². The lowest BCUT2D eigenvalue weighted by molar-refractivity contribution is -0.150. The zero-order valence-corrected chi connectivity index (χ0v) is 14.5. The highest BCUT2D eigenvalue weighted by atomic mass is 79.9. The van der Waals surface area contributed by atoms with Crippen LogP contribution in [-0.2, 0) is 16.1 Å². The smallest absolute Gasteiger partial charge is 0.237 e. The molecule has 122 valence electrons. The molecule has 3 rings (SSSR count). The van der Waals surface area contributed by atoms with Crippen LogP contribution in [0.4, 0.5) is 0 Å². The maximum atomic E-state index is 12.6. The lowest BCUT2D eigenvalue weighted by atomic mass is 9.90. The predicted octanol–water partition coefficient (Wildman–Crippen LogP) is 2.64. The van der Waals surface area contributed by atoms with Crippen molar-refractivity contribution in [3.63, 3.8) is 0 Å². The highest BCUT2D eigenvalue weighted by molar-refractivity contribution is 9.10. The normalized spacial score (nSPS) is 25.3. The molecule has 0 aromatic carbocycles. The van der Waals surface area contributed by atoms with Gasteiger partial charge in [-0.2, -0.15) is 0 Å². The zero-order valence-electron chi connectivity index (χ0n) is 13.0. The fourth-order valence-corrected chi connectivity index (χ4v) is 3.83. The number of nitrogens with zero attached hydrogens (tertiary/aromatic N) is 2. The summed E-state index contributed by atoms with van der Waals surface area (Å²) in [6.45, 7) is 2.44. The number of rotatable bonds is 4. The predicted molar refractivity (Wildman–Crippen MR) is 86.5 cm³/mol. The maximum Gasteiger partial charge on any atom is 0.237 e. The van der Waals surface area contributed by atoms with Crippen LogP contribution in [0.2, 0.25) is 0 Å². The molecule has 2 aliphatic rings. The minimum atomic E-state index is 0.202. The maximum absolute atomic E-state index is 12.6. The molecule has 0 radical (unpaired) electrons. The van der Waals surface area contributed by atoms with E-state index in [1.54, 1.807) is 0 Å². The van der Waals surface area contributed by atoms with E-state index in [-0.39, 0.29) is 18.1 Å². The van der Waals surface area contributed by atoms with Crippen molar-refractivity contribution < 1.29 is 13.9 Å². The standard InChI is InChI=1S/C16H23BrN2O3/c1-18(10-12-6-7-15(17)22-12)11-16(20)19-8-9-21-14-5-3-2-4-13(14)19/h6-7,13-14H,2-5,8-11H2,1H3. The van der Waals surface area contributed by atoms with Gasteiger partial charge in [-0.25, -0.2) is 0 Å². The molecule has 1 saturated carbocycles. The van der Waals surface area contributed by atoms with Crippen molar-refractivity contribution in [2.45, 2.75) is 44.4 Å². The number of hydrogen-bond donors (Lipinski definition) is 0. The first-order chi connectivity index (χ1) is 10.6. The second-order valence-corrected chi connectivity index (χ2v) is 7.01. The van der Waals surface area contributed by atoms with Crippen molar-refractivity contribution in [1.82, 2.24) is 9.80 Å². The quantitative estimate of drug-likeness (QED) is 0.817. The summed E-state index contributed by atoms with van der Waals surface area (Å²) in [6, 6.07) is 4.08. The first kappa shape index (κ1) is 16.0. The van der Waals surface area contributed by atoms with E-state index in [0.717, 1.165) is 29.8 Å². The zero-order chi connectivity index (χ0) is 15.5. The summed E-state index contributed by atoms with van der Waals surface area (Å²) < 4.78 is 12.1. The lowest BCUT2D eigenvalue weighted by Gasteiger charge is -2.44.